The molecule has 0 aliphatic carbocycles. The van der Waals surface area contributed by atoms with Crippen molar-refractivity contribution in [2.75, 3.05) is 6.61 Å². The summed E-state index contributed by atoms with van der Waals surface area (Å²) in [6.45, 7) is 3.68. The lowest BCUT2D eigenvalue weighted by molar-refractivity contribution is -0.116. The van der Waals surface area contributed by atoms with Crippen LogP contribution in [0, 0.1) is 0 Å². The van der Waals surface area contributed by atoms with E-state index in [0.29, 0.717) is 18.7 Å². The van der Waals surface area contributed by atoms with Gasteiger partial charge in [-0.15, -0.1) is 0 Å². The Morgan fingerprint density at radius 3 is 2.72 bits per heavy atom. The molecule has 18 heavy (non-hydrogen) atoms. The van der Waals surface area contributed by atoms with Crippen molar-refractivity contribution in [3.8, 4) is 0 Å². The van der Waals surface area contributed by atoms with Crippen molar-refractivity contribution in [3.05, 3.63) is 35.5 Å². The topological polar surface area (TPSA) is 59.2 Å². The molecule has 0 aliphatic heterocycles. The first-order chi connectivity index (χ1) is 8.60. The van der Waals surface area contributed by atoms with Gasteiger partial charge in [-0.1, -0.05) is 12.1 Å². The van der Waals surface area contributed by atoms with Gasteiger partial charge in [0, 0.05) is 17.3 Å². The van der Waals surface area contributed by atoms with Crippen molar-refractivity contribution >= 4 is 22.7 Å². The first kappa shape index (κ1) is 12.4. The highest BCUT2D eigenvalue weighted by Gasteiger charge is 2.10. The largest absolute Gasteiger partial charge is 0.461 e. The molecular formula is C14H15NO3. The van der Waals surface area contributed by atoms with E-state index in [2.05, 4.69) is 4.98 Å². The molecule has 4 heteroatoms. The summed E-state index contributed by atoms with van der Waals surface area (Å²) in [5.74, 6) is -0.242. The van der Waals surface area contributed by atoms with Gasteiger partial charge in [0.25, 0.3) is 0 Å². The third kappa shape index (κ3) is 2.59. The Balaban J connectivity index is 2.33. The minimum absolute atomic E-state index is 0.117. The van der Waals surface area contributed by atoms with Crippen LogP contribution in [0.25, 0.3) is 10.9 Å². The maximum atomic E-state index is 11.6. The van der Waals surface area contributed by atoms with Crippen molar-refractivity contribution in [1.29, 1.82) is 0 Å². The molecule has 2 rings (SSSR count). The predicted octanol–water partition coefficient (Wildman–Crippen LogP) is 2.48. The predicted molar refractivity (Wildman–Crippen MR) is 68.6 cm³/mol. The minimum atomic E-state index is -0.359. The Morgan fingerprint density at radius 1 is 1.28 bits per heavy atom. The molecule has 0 aliphatic rings. The fraction of sp³-hybridized carbons (Fsp3) is 0.286. The van der Waals surface area contributed by atoms with Crippen LogP contribution in [-0.2, 0) is 16.0 Å². The number of nitrogens with one attached hydrogen (secondary N) is 1. The van der Waals surface area contributed by atoms with Gasteiger partial charge in [-0.25, -0.2) is 4.79 Å². The number of fused-ring (bicyclic) bond motifs is 1. The number of ether oxygens (including phenoxy) is 1. The number of aromatic amines is 1. The van der Waals surface area contributed by atoms with E-state index < -0.39 is 0 Å². The van der Waals surface area contributed by atoms with Crippen molar-refractivity contribution in [2.24, 2.45) is 0 Å². The summed E-state index contributed by atoms with van der Waals surface area (Å²) in [7, 11) is 0. The van der Waals surface area contributed by atoms with Crippen LogP contribution < -0.4 is 0 Å². The van der Waals surface area contributed by atoms with Gasteiger partial charge >= 0.3 is 5.97 Å². The van der Waals surface area contributed by atoms with E-state index in [1.165, 1.54) is 0 Å². The number of carbonyl (C=O) groups is 2. The average Bonchev–Trinajstić information content (AvgIpc) is 2.71. The zero-order valence-corrected chi connectivity index (χ0v) is 10.4. The molecule has 0 bridgehead atoms. The van der Waals surface area contributed by atoms with Crippen LogP contribution in [0.1, 0.15) is 29.9 Å². The number of hydrogen-bond acceptors (Lipinski definition) is 3. The van der Waals surface area contributed by atoms with Crippen LogP contribution in [0.2, 0.25) is 0 Å². The summed E-state index contributed by atoms with van der Waals surface area (Å²) in [4.78, 5) is 25.6. The van der Waals surface area contributed by atoms with Gasteiger partial charge < -0.3 is 9.72 Å². The fourth-order valence-electron chi connectivity index (χ4n) is 1.89. The number of Topliss-reactive ketones (excluding diaryl/α,β-unsaturated/α-hetero) is 1. The first-order valence-electron chi connectivity index (χ1n) is 5.88. The average molecular weight is 245 g/mol. The van der Waals surface area contributed by atoms with Crippen molar-refractivity contribution in [2.45, 2.75) is 20.3 Å². The monoisotopic (exact) mass is 245 g/mol. The van der Waals surface area contributed by atoms with E-state index in [9.17, 15) is 9.59 Å². The molecule has 1 N–H and O–H groups in total. The normalized spacial score (nSPS) is 10.6. The number of aromatic nitrogens is 1. The summed E-state index contributed by atoms with van der Waals surface area (Å²) >= 11 is 0. The van der Waals surface area contributed by atoms with Gasteiger partial charge in [-0.05, 0) is 31.5 Å². The highest BCUT2D eigenvalue weighted by molar-refractivity contribution is 5.95. The van der Waals surface area contributed by atoms with E-state index in [-0.39, 0.29) is 11.8 Å². The van der Waals surface area contributed by atoms with Crippen LogP contribution in [0.4, 0.5) is 0 Å². The van der Waals surface area contributed by atoms with Crippen molar-refractivity contribution < 1.29 is 14.3 Å². The Kier molecular flexibility index (Phi) is 3.46. The van der Waals surface area contributed by atoms with Crippen LogP contribution >= 0.6 is 0 Å². The molecular weight excluding hydrogens is 230 g/mol. The highest BCUT2D eigenvalue weighted by Crippen LogP contribution is 2.18. The van der Waals surface area contributed by atoms with Crippen LogP contribution in [0.5, 0.6) is 0 Å². The number of benzene rings is 1. The Hall–Kier alpha value is -2.10. The lowest BCUT2D eigenvalue weighted by atomic mass is 10.1. The number of rotatable bonds is 4. The summed E-state index contributed by atoms with van der Waals surface area (Å²) < 4.78 is 4.93. The van der Waals surface area contributed by atoms with Gasteiger partial charge in [0.15, 0.2) is 0 Å². The molecule has 0 saturated carbocycles. The molecule has 2 aromatic rings. The molecule has 0 spiro atoms. The van der Waals surface area contributed by atoms with Gasteiger partial charge in [0.05, 0.1) is 6.61 Å². The Bertz CT molecular complexity index is 598. The van der Waals surface area contributed by atoms with Gasteiger partial charge in [0.2, 0.25) is 0 Å². The quantitative estimate of drug-likeness (QED) is 0.842. The zero-order valence-electron chi connectivity index (χ0n) is 10.4. The highest BCUT2D eigenvalue weighted by atomic mass is 16.5. The summed E-state index contributed by atoms with van der Waals surface area (Å²) in [5, 5.41) is 0.936. The number of H-pyrrole nitrogens is 1. The molecule has 94 valence electrons. The van der Waals surface area contributed by atoms with Gasteiger partial charge in [-0.3, -0.25) is 4.79 Å². The molecule has 0 atom stereocenters. The fourth-order valence-corrected chi connectivity index (χ4v) is 1.89. The first-order valence-corrected chi connectivity index (χ1v) is 5.88. The molecule has 1 heterocycles. The molecule has 1 aromatic heterocycles. The second-order valence-electron chi connectivity index (χ2n) is 4.20. The third-order valence-corrected chi connectivity index (χ3v) is 2.64. The molecule has 0 unspecified atom stereocenters. The van der Waals surface area contributed by atoms with E-state index in [4.69, 9.17) is 4.74 Å². The lowest BCUT2D eigenvalue weighted by Gasteiger charge is -1.98. The van der Waals surface area contributed by atoms with E-state index >= 15 is 0 Å². The second kappa shape index (κ2) is 5.04. The zero-order chi connectivity index (χ0) is 13.1. The molecule has 0 radical (unpaired) electrons. The van der Waals surface area contributed by atoms with Gasteiger partial charge in [0.1, 0.15) is 11.5 Å². The lowest BCUT2D eigenvalue weighted by Crippen LogP contribution is -2.04. The SMILES string of the molecule is CCOC(=O)c1cc2ccc(CC(C)=O)cc2[nH]1. The summed E-state index contributed by atoms with van der Waals surface area (Å²) in [5.41, 5.74) is 2.22. The van der Waals surface area contributed by atoms with E-state index in [0.717, 1.165) is 16.5 Å². The third-order valence-electron chi connectivity index (χ3n) is 2.64. The molecule has 0 amide bonds. The standard InChI is InChI=1S/C14H15NO3/c1-3-18-14(17)13-8-11-5-4-10(6-9(2)16)7-12(11)15-13/h4-5,7-8,15H,3,6H2,1-2H3. The number of esters is 1. The van der Waals surface area contributed by atoms with Crippen molar-refractivity contribution in [3.63, 3.8) is 0 Å². The van der Waals surface area contributed by atoms with Crippen LogP contribution in [0.15, 0.2) is 24.3 Å². The molecule has 0 fully saturated rings. The number of carbonyl (C=O) groups excluding carboxylic acids is 2. The summed E-state index contributed by atoms with van der Waals surface area (Å²) in [6, 6.07) is 7.43. The van der Waals surface area contributed by atoms with Crippen LogP contribution in [0.3, 0.4) is 0 Å². The molecule has 0 saturated heterocycles. The maximum Gasteiger partial charge on any atom is 0.354 e. The molecule has 1 aromatic carbocycles. The van der Waals surface area contributed by atoms with Crippen LogP contribution in [-0.4, -0.2) is 23.3 Å². The van der Waals surface area contributed by atoms with E-state index in [1.807, 2.05) is 18.2 Å². The van der Waals surface area contributed by atoms with Crippen molar-refractivity contribution in [1.82, 2.24) is 4.98 Å². The number of hydrogen-bond donors (Lipinski definition) is 1. The second-order valence-corrected chi connectivity index (χ2v) is 4.20. The summed E-state index contributed by atoms with van der Waals surface area (Å²) in [6.07, 6.45) is 0.406. The van der Waals surface area contributed by atoms with Gasteiger partial charge in [-0.2, -0.15) is 0 Å². The van der Waals surface area contributed by atoms with E-state index in [1.54, 1.807) is 19.9 Å². The molecule has 4 nitrogen and oxygen atoms in total. The minimum Gasteiger partial charge on any atom is -0.461 e. The Morgan fingerprint density at radius 2 is 2.06 bits per heavy atom. The number of ketones is 1. The Labute approximate surface area is 105 Å². The smallest absolute Gasteiger partial charge is 0.354 e. The maximum absolute atomic E-state index is 11.6.